The number of aromatic nitrogens is 4. The highest BCUT2D eigenvalue weighted by Gasteiger charge is 2.11. The number of nitrogens with one attached hydrogen (secondary N) is 1. The molecule has 0 fully saturated rings. The number of hydrogen-bond donors (Lipinski definition) is 2. The molecule has 0 spiro atoms. The van der Waals surface area contributed by atoms with E-state index in [9.17, 15) is 4.79 Å². The maximum Gasteiger partial charge on any atom is 0.248 e. The number of nitrogen functional groups attached to an aromatic ring is 1. The second kappa shape index (κ2) is 6.86. The lowest BCUT2D eigenvalue weighted by atomic mass is 10.2. The summed E-state index contributed by atoms with van der Waals surface area (Å²) in [5.74, 6) is 0.103. The molecule has 24 heavy (non-hydrogen) atoms. The number of benzene rings is 2. The summed E-state index contributed by atoms with van der Waals surface area (Å²) in [4.78, 5) is 13.3. The number of tetrazole rings is 1. The third-order valence-electron chi connectivity index (χ3n) is 3.13. The van der Waals surface area contributed by atoms with E-state index in [4.69, 9.17) is 28.9 Å². The van der Waals surface area contributed by atoms with Gasteiger partial charge >= 0.3 is 0 Å². The van der Waals surface area contributed by atoms with Crippen LogP contribution < -0.4 is 11.1 Å². The van der Waals surface area contributed by atoms with Gasteiger partial charge in [0.25, 0.3) is 0 Å². The topological polar surface area (TPSA) is 98.7 Å². The SMILES string of the molecule is Nc1c(Cl)cc(NC(=O)Cn2nnc(-c3ccccc3)n2)cc1Cl. The van der Waals surface area contributed by atoms with Gasteiger partial charge in [0.15, 0.2) is 0 Å². The summed E-state index contributed by atoms with van der Waals surface area (Å²) < 4.78 is 0. The number of nitrogens with zero attached hydrogens (tertiary/aromatic N) is 4. The molecule has 0 radical (unpaired) electrons. The number of nitrogens with two attached hydrogens (primary N) is 1. The minimum Gasteiger partial charge on any atom is -0.396 e. The molecule has 0 bridgehead atoms. The Balaban J connectivity index is 1.69. The van der Waals surface area contributed by atoms with Crippen LogP contribution in [0.25, 0.3) is 11.4 Å². The van der Waals surface area contributed by atoms with Crippen molar-refractivity contribution in [3.8, 4) is 11.4 Å². The lowest BCUT2D eigenvalue weighted by Crippen LogP contribution is -2.20. The van der Waals surface area contributed by atoms with Gasteiger partial charge in [-0.25, -0.2) is 0 Å². The molecule has 1 heterocycles. The van der Waals surface area contributed by atoms with E-state index < -0.39 is 0 Å². The molecule has 2 aromatic carbocycles. The Labute approximate surface area is 147 Å². The molecule has 3 aromatic rings. The average molecular weight is 363 g/mol. The molecule has 0 aliphatic heterocycles. The highest BCUT2D eigenvalue weighted by atomic mass is 35.5. The molecule has 0 saturated carbocycles. The number of hydrogen-bond acceptors (Lipinski definition) is 5. The van der Waals surface area contributed by atoms with Crippen molar-refractivity contribution in [2.45, 2.75) is 6.54 Å². The zero-order chi connectivity index (χ0) is 17.1. The fraction of sp³-hybridized carbons (Fsp3) is 0.0667. The predicted octanol–water partition coefficient (Wildman–Crippen LogP) is 2.87. The zero-order valence-electron chi connectivity index (χ0n) is 12.3. The maximum atomic E-state index is 12.1. The number of amides is 1. The molecule has 0 aliphatic carbocycles. The Morgan fingerprint density at radius 1 is 1.17 bits per heavy atom. The largest absolute Gasteiger partial charge is 0.396 e. The Kier molecular flexibility index (Phi) is 4.64. The summed E-state index contributed by atoms with van der Waals surface area (Å²) in [6.45, 7) is -0.0978. The number of carbonyl (C=O) groups is 1. The van der Waals surface area contributed by atoms with Crippen LogP contribution in [0.4, 0.5) is 11.4 Å². The molecule has 7 nitrogen and oxygen atoms in total. The molecule has 1 aromatic heterocycles. The number of rotatable bonds is 4. The molecule has 9 heteroatoms. The summed E-state index contributed by atoms with van der Waals surface area (Å²) >= 11 is 11.9. The van der Waals surface area contributed by atoms with Crippen LogP contribution in [0.15, 0.2) is 42.5 Å². The van der Waals surface area contributed by atoms with Gasteiger partial charge in [-0.05, 0) is 17.3 Å². The molecule has 0 aliphatic rings. The van der Waals surface area contributed by atoms with Crippen molar-refractivity contribution in [1.29, 1.82) is 0 Å². The molecule has 0 unspecified atom stereocenters. The first-order valence-electron chi connectivity index (χ1n) is 6.90. The van der Waals surface area contributed by atoms with Crippen molar-refractivity contribution >= 4 is 40.5 Å². The second-order valence-electron chi connectivity index (χ2n) is 4.91. The number of anilines is 2. The summed E-state index contributed by atoms with van der Waals surface area (Å²) in [6.07, 6.45) is 0. The summed E-state index contributed by atoms with van der Waals surface area (Å²) in [7, 11) is 0. The van der Waals surface area contributed by atoms with Crippen molar-refractivity contribution in [3.63, 3.8) is 0 Å². The van der Waals surface area contributed by atoms with Crippen LogP contribution in [-0.2, 0) is 11.3 Å². The van der Waals surface area contributed by atoms with Crippen LogP contribution in [-0.4, -0.2) is 26.1 Å². The van der Waals surface area contributed by atoms with E-state index >= 15 is 0 Å². The monoisotopic (exact) mass is 362 g/mol. The first-order valence-corrected chi connectivity index (χ1v) is 7.66. The van der Waals surface area contributed by atoms with Crippen LogP contribution >= 0.6 is 23.2 Å². The van der Waals surface area contributed by atoms with Crippen LogP contribution in [0, 0.1) is 0 Å². The third kappa shape index (κ3) is 3.64. The first-order chi connectivity index (χ1) is 11.5. The normalized spacial score (nSPS) is 10.6. The Hall–Kier alpha value is -2.64. The van der Waals surface area contributed by atoms with Crippen LogP contribution in [0.1, 0.15) is 0 Å². The van der Waals surface area contributed by atoms with Crippen LogP contribution in [0.2, 0.25) is 10.0 Å². The van der Waals surface area contributed by atoms with Gasteiger partial charge in [0, 0.05) is 11.3 Å². The Morgan fingerprint density at radius 2 is 1.83 bits per heavy atom. The van der Waals surface area contributed by atoms with Gasteiger partial charge in [0.1, 0.15) is 6.54 Å². The fourth-order valence-corrected chi connectivity index (χ4v) is 2.49. The maximum absolute atomic E-state index is 12.1. The van der Waals surface area contributed by atoms with Gasteiger partial charge in [0.2, 0.25) is 11.7 Å². The lowest BCUT2D eigenvalue weighted by Gasteiger charge is -2.08. The van der Waals surface area contributed by atoms with E-state index in [2.05, 4.69) is 20.7 Å². The van der Waals surface area contributed by atoms with Gasteiger partial charge in [-0.15, -0.1) is 10.2 Å². The Bertz CT molecular complexity index is 858. The number of carbonyl (C=O) groups excluding carboxylic acids is 1. The minimum atomic E-state index is -0.344. The van der Waals surface area contributed by atoms with E-state index in [0.29, 0.717) is 11.5 Å². The molecular formula is C15H12Cl2N6O. The molecule has 1 amide bonds. The third-order valence-corrected chi connectivity index (χ3v) is 3.76. The molecular weight excluding hydrogens is 351 g/mol. The van der Waals surface area contributed by atoms with Gasteiger partial charge in [-0.1, -0.05) is 53.5 Å². The van der Waals surface area contributed by atoms with Crippen molar-refractivity contribution in [2.24, 2.45) is 0 Å². The van der Waals surface area contributed by atoms with E-state index in [1.807, 2.05) is 30.3 Å². The summed E-state index contributed by atoms with van der Waals surface area (Å²) in [5.41, 5.74) is 7.18. The Morgan fingerprint density at radius 3 is 2.50 bits per heavy atom. The predicted molar refractivity (Wildman–Crippen MR) is 92.8 cm³/mol. The van der Waals surface area contributed by atoms with E-state index in [1.165, 1.54) is 16.9 Å². The summed E-state index contributed by atoms with van der Waals surface area (Å²) in [5, 5.41) is 15.2. The first kappa shape index (κ1) is 16.2. The standard InChI is InChI=1S/C15H12Cl2N6O/c16-11-6-10(7-12(17)14(11)18)19-13(24)8-23-21-15(20-22-23)9-4-2-1-3-5-9/h1-7H,8,18H2,(H,19,24). The quantitative estimate of drug-likeness (QED) is 0.695. The minimum absolute atomic E-state index is 0.0978. The van der Waals surface area contributed by atoms with Gasteiger partial charge in [0.05, 0.1) is 15.7 Å². The van der Waals surface area contributed by atoms with E-state index in [1.54, 1.807) is 0 Å². The van der Waals surface area contributed by atoms with Crippen molar-refractivity contribution in [2.75, 3.05) is 11.1 Å². The van der Waals surface area contributed by atoms with Gasteiger partial charge in [-0.2, -0.15) is 4.80 Å². The van der Waals surface area contributed by atoms with E-state index in [0.717, 1.165) is 5.56 Å². The molecule has 3 N–H and O–H groups in total. The highest BCUT2D eigenvalue weighted by Crippen LogP contribution is 2.31. The zero-order valence-corrected chi connectivity index (χ0v) is 13.8. The molecule has 3 rings (SSSR count). The van der Waals surface area contributed by atoms with Gasteiger partial charge in [-0.3, -0.25) is 4.79 Å². The second-order valence-corrected chi connectivity index (χ2v) is 5.73. The van der Waals surface area contributed by atoms with Crippen molar-refractivity contribution in [3.05, 3.63) is 52.5 Å². The molecule has 0 saturated heterocycles. The number of halogens is 2. The van der Waals surface area contributed by atoms with Gasteiger partial charge < -0.3 is 11.1 Å². The average Bonchev–Trinajstić information content (AvgIpc) is 3.01. The van der Waals surface area contributed by atoms with E-state index in [-0.39, 0.29) is 28.2 Å². The molecule has 122 valence electrons. The van der Waals surface area contributed by atoms with Crippen LogP contribution in [0.5, 0.6) is 0 Å². The van der Waals surface area contributed by atoms with Crippen molar-refractivity contribution < 1.29 is 4.79 Å². The highest BCUT2D eigenvalue weighted by molar-refractivity contribution is 6.39. The van der Waals surface area contributed by atoms with Crippen LogP contribution in [0.3, 0.4) is 0 Å². The smallest absolute Gasteiger partial charge is 0.248 e. The molecule has 0 atom stereocenters. The lowest BCUT2D eigenvalue weighted by molar-refractivity contribution is -0.117. The summed E-state index contributed by atoms with van der Waals surface area (Å²) in [6, 6.07) is 12.4. The fourth-order valence-electron chi connectivity index (χ4n) is 2.00. The van der Waals surface area contributed by atoms with Crippen molar-refractivity contribution in [1.82, 2.24) is 20.2 Å².